The minimum Gasteiger partial charge on any atom is -0.337 e. The molecule has 11 heteroatoms. The maximum atomic E-state index is 14.8. The van der Waals surface area contributed by atoms with E-state index in [0.29, 0.717) is 19.4 Å². The van der Waals surface area contributed by atoms with Gasteiger partial charge in [0, 0.05) is 12.3 Å². The molecule has 164 valence electrons. The molecule has 1 aliphatic rings. The third-order valence-corrected chi connectivity index (χ3v) is 10.5. The van der Waals surface area contributed by atoms with E-state index in [0.717, 1.165) is 6.07 Å². The molecule has 0 saturated carbocycles. The molecule has 0 aliphatic carbocycles. The molecule has 0 spiro atoms. The van der Waals surface area contributed by atoms with E-state index in [2.05, 4.69) is 36.4 Å². The van der Waals surface area contributed by atoms with Gasteiger partial charge in [-0.3, -0.25) is 4.72 Å². The summed E-state index contributed by atoms with van der Waals surface area (Å²) in [5, 5.41) is 9.74. The molecule has 1 aliphatic heterocycles. The second kappa shape index (κ2) is 8.85. The lowest BCUT2D eigenvalue weighted by atomic mass is 9.99. The standard InChI is InChI=1S/C18H27BrF2N4O2S2/c1-16(2,3)28(26)25-18(10-20,15-13(21)6-7-14(19)24-15)12-29(27)17(4,11-22)8-5-9-23-29/h6-7,23,25,27H,5,8-10,12H2,1-4H3/t17-,18?,28?/m0/s1. The van der Waals surface area contributed by atoms with E-state index in [1.54, 1.807) is 27.7 Å². The smallest absolute Gasteiger partial charge is 0.146 e. The van der Waals surface area contributed by atoms with Crippen LogP contribution in [0.2, 0.25) is 0 Å². The normalized spacial score (nSPS) is 30.6. The molecule has 1 saturated heterocycles. The summed E-state index contributed by atoms with van der Waals surface area (Å²) in [5.74, 6) is -1.15. The summed E-state index contributed by atoms with van der Waals surface area (Å²) in [6.45, 7) is 5.98. The highest BCUT2D eigenvalue weighted by Crippen LogP contribution is 2.59. The molecular formula is C18H27BrF2N4O2S2. The highest BCUT2D eigenvalue weighted by atomic mass is 79.9. The number of rotatable bonds is 6. The molecule has 6 nitrogen and oxygen atoms in total. The predicted molar refractivity (Wildman–Crippen MR) is 117 cm³/mol. The van der Waals surface area contributed by atoms with Crippen molar-refractivity contribution in [1.82, 2.24) is 14.4 Å². The second-order valence-corrected chi connectivity index (χ2v) is 14.0. The summed E-state index contributed by atoms with van der Waals surface area (Å²) in [7, 11) is -4.73. The average molecular weight is 513 g/mol. The van der Waals surface area contributed by atoms with Gasteiger partial charge in [-0.2, -0.15) is 5.26 Å². The number of nitriles is 1. The van der Waals surface area contributed by atoms with Crippen LogP contribution in [0.5, 0.6) is 0 Å². The quantitative estimate of drug-likeness (QED) is 0.499. The summed E-state index contributed by atoms with van der Waals surface area (Å²) in [5.41, 5.74) is -2.18. The van der Waals surface area contributed by atoms with Gasteiger partial charge < -0.3 is 4.55 Å². The Morgan fingerprint density at radius 3 is 2.72 bits per heavy atom. The van der Waals surface area contributed by atoms with Gasteiger partial charge in [-0.25, -0.2) is 22.7 Å². The van der Waals surface area contributed by atoms with Crippen LogP contribution in [0.3, 0.4) is 0 Å². The Hall–Kier alpha value is -0.640. The zero-order chi connectivity index (χ0) is 22.1. The van der Waals surface area contributed by atoms with E-state index in [1.165, 1.54) is 6.07 Å². The van der Waals surface area contributed by atoms with Gasteiger partial charge >= 0.3 is 0 Å². The minimum atomic E-state index is -2.94. The molecule has 4 atom stereocenters. The van der Waals surface area contributed by atoms with Gasteiger partial charge in [-0.05, 0) is 68.6 Å². The first-order valence-electron chi connectivity index (χ1n) is 9.10. The fourth-order valence-corrected chi connectivity index (χ4v) is 7.19. The first-order chi connectivity index (χ1) is 13.3. The monoisotopic (exact) mass is 512 g/mol. The van der Waals surface area contributed by atoms with Crippen molar-refractivity contribution < 1.29 is 17.5 Å². The number of hydrogen-bond acceptors (Lipinski definition) is 5. The molecular weight excluding hydrogens is 486 g/mol. The van der Waals surface area contributed by atoms with Crippen molar-refractivity contribution in [2.24, 2.45) is 0 Å². The highest BCUT2D eigenvalue weighted by molar-refractivity contribution is 9.10. The van der Waals surface area contributed by atoms with Crippen LogP contribution in [0.4, 0.5) is 8.78 Å². The van der Waals surface area contributed by atoms with Crippen LogP contribution >= 0.6 is 26.4 Å². The molecule has 0 radical (unpaired) electrons. The van der Waals surface area contributed by atoms with Crippen molar-refractivity contribution in [2.75, 3.05) is 19.0 Å². The van der Waals surface area contributed by atoms with Crippen LogP contribution in [-0.4, -0.2) is 42.2 Å². The molecule has 0 amide bonds. The van der Waals surface area contributed by atoms with Crippen molar-refractivity contribution >= 4 is 37.4 Å². The van der Waals surface area contributed by atoms with Crippen molar-refractivity contribution in [2.45, 2.75) is 55.6 Å². The molecule has 3 N–H and O–H groups in total. The number of halogens is 3. The van der Waals surface area contributed by atoms with Gasteiger partial charge in [0.1, 0.15) is 33.1 Å². The minimum absolute atomic E-state index is 0.275. The molecule has 2 rings (SSSR count). The van der Waals surface area contributed by atoms with Crippen LogP contribution in [0.25, 0.3) is 0 Å². The lowest BCUT2D eigenvalue weighted by Crippen LogP contribution is -2.58. The lowest BCUT2D eigenvalue weighted by molar-refractivity contribution is 0.293. The van der Waals surface area contributed by atoms with Crippen LogP contribution in [0.15, 0.2) is 16.7 Å². The number of pyridine rings is 1. The van der Waals surface area contributed by atoms with Gasteiger partial charge in [0.05, 0.1) is 21.8 Å². The fourth-order valence-electron chi connectivity index (χ4n) is 3.05. The first kappa shape index (κ1) is 24.6. The summed E-state index contributed by atoms with van der Waals surface area (Å²) >= 11 is 3.17. The molecule has 3 unspecified atom stereocenters. The zero-order valence-electron chi connectivity index (χ0n) is 16.9. The van der Waals surface area contributed by atoms with E-state index >= 15 is 0 Å². The molecule has 1 aromatic heterocycles. The van der Waals surface area contributed by atoms with Crippen molar-refractivity contribution in [3.05, 3.63) is 28.2 Å². The summed E-state index contributed by atoms with van der Waals surface area (Å²) in [4.78, 5) is 4.12. The van der Waals surface area contributed by atoms with Crippen LogP contribution in [0.1, 0.15) is 46.2 Å². The maximum absolute atomic E-state index is 14.8. The second-order valence-electron chi connectivity index (χ2n) is 8.35. The fraction of sp³-hybridized carbons (Fsp3) is 0.667. The van der Waals surface area contributed by atoms with E-state index in [9.17, 15) is 22.8 Å². The predicted octanol–water partition coefficient (Wildman–Crippen LogP) is 4.06. The number of alkyl halides is 1. The third-order valence-electron chi connectivity index (χ3n) is 4.95. The molecule has 1 fully saturated rings. The van der Waals surface area contributed by atoms with Crippen molar-refractivity contribution in [3.8, 4) is 6.07 Å². The zero-order valence-corrected chi connectivity index (χ0v) is 20.1. The van der Waals surface area contributed by atoms with Crippen LogP contribution < -0.4 is 9.44 Å². The Morgan fingerprint density at radius 2 is 2.17 bits per heavy atom. The van der Waals surface area contributed by atoms with E-state index in [4.69, 9.17) is 0 Å². The third kappa shape index (κ3) is 4.99. The average Bonchev–Trinajstić information content (AvgIpc) is 2.65. The molecule has 29 heavy (non-hydrogen) atoms. The largest absolute Gasteiger partial charge is 0.337 e. The number of aromatic nitrogens is 1. The molecule has 1 aromatic rings. The van der Waals surface area contributed by atoms with Crippen LogP contribution in [0, 0.1) is 17.1 Å². The Kier molecular flexibility index (Phi) is 7.51. The van der Waals surface area contributed by atoms with Gasteiger partial charge in [0.15, 0.2) is 0 Å². The summed E-state index contributed by atoms with van der Waals surface area (Å²) in [6, 6.07) is 4.67. The lowest BCUT2D eigenvalue weighted by Gasteiger charge is -2.52. The SMILES string of the molecule is CC(C)(C)S(=O)NC(CF)(CS1(O)NCCC[C@@]1(C)C#N)c1nc(Br)ccc1F. The number of nitrogens with zero attached hydrogens (tertiary/aromatic N) is 2. The molecule has 0 bridgehead atoms. The highest BCUT2D eigenvalue weighted by Gasteiger charge is 2.53. The van der Waals surface area contributed by atoms with Crippen LogP contribution in [-0.2, 0) is 16.5 Å². The van der Waals surface area contributed by atoms with Gasteiger partial charge in [-0.1, -0.05) is 10.5 Å². The Balaban J connectivity index is 2.65. The van der Waals surface area contributed by atoms with E-state index < -0.39 is 49.0 Å². The van der Waals surface area contributed by atoms with E-state index in [1.807, 2.05) is 0 Å². The Bertz CT molecular complexity index is 835. The van der Waals surface area contributed by atoms with Gasteiger partial charge in [-0.15, -0.1) is 0 Å². The maximum Gasteiger partial charge on any atom is 0.146 e. The van der Waals surface area contributed by atoms with Gasteiger partial charge in [0.2, 0.25) is 0 Å². The van der Waals surface area contributed by atoms with Gasteiger partial charge in [0.25, 0.3) is 0 Å². The molecule has 0 aromatic carbocycles. The van der Waals surface area contributed by atoms with E-state index in [-0.39, 0.29) is 16.0 Å². The number of hydrogen-bond donors (Lipinski definition) is 3. The summed E-state index contributed by atoms with van der Waals surface area (Å²) < 4.78 is 57.9. The number of nitrogens with one attached hydrogen (secondary N) is 2. The van der Waals surface area contributed by atoms with Crippen molar-refractivity contribution in [1.29, 1.82) is 5.26 Å². The first-order valence-corrected chi connectivity index (χ1v) is 12.8. The Morgan fingerprint density at radius 1 is 1.52 bits per heavy atom. The Labute approximate surface area is 183 Å². The summed E-state index contributed by atoms with van der Waals surface area (Å²) in [6.07, 6.45) is 1.09. The molecule has 2 heterocycles. The topological polar surface area (TPSA) is 98.0 Å². The van der Waals surface area contributed by atoms with Crippen molar-refractivity contribution in [3.63, 3.8) is 0 Å².